The molecule has 3 amide bonds. The molecule has 9 heteroatoms. The van der Waals surface area contributed by atoms with Crippen LogP contribution in [0, 0.1) is 6.92 Å². The standard InChI is InChI=1S/C26H23Cl2N3O3S/c1-16-20(13-23-25(33)31(26(34)35-23)15-24(32)29-10-4-5-11-29)19-6-2-3-7-22(19)30(16)14-17-8-9-18(27)12-21(17)28/h2-3,6-9,12-13H,4-5,10-11,14-15H2,1H3/b23-13+. The summed E-state index contributed by atoms with van der Waals surface area (Å²) in [5.74, 6) is -0.608. The third kappa shape index (κ3) is 4.60. The highest BCUT2D eigenvalue weighted by Crippen LogP contribution is 2.36. The topological polar surface area (TPSA) is 62.6 Å². The van der Waals surface area contributed by atoms with Crippen LogP contribution in [0.4, 0.5) is 4.79 Å². The number of fused-ring (bicyclic) bond motifs is 1. The molecule has 0 saturated carbocycles. The zero-order valence-corrected chi connectivity index (χ0v) is 21.4. The van der Waals surface area contributed by atoms with Crippen LogP contribution in [-0.2, 0) is 16.1 Å². The van der Waals surface area contributed by atoms with E-state index in [1.807, 2.05) is 43.3 Å². The summed E-state index contributed by atoms with van der Waals surface area (Å²) in [6, 6.07) is 13.4. The Kier molecular flexibility index (Phi) is 6.66. The number of nitrogens with zero attached hydrogens (tertiary/aromatic N) is 3. The summed E-state index contributed by atoms with van der Waals surface area (Å²) in [5.41, 5.74) is 3.72. The summed E-state index contributed by atoms with van der Waals surface area (Å²) in [4.78, 5) is 41.4. The summed E-state index contributed by atoms with van der Waals surface area (Å²) in [5, 5.41) is 1.71. The molecule has 0 spiro atoms. The Morgan fingerprint density at radius 3 is 2.57 bits per heavy atom. The molecule has 2 fully saturated rings. The number of para-hydroxylation sites is 1. The second-order valence-electron chi connectivity index (χ2n) is 8.69. The molecule has 2 aliphatic rings. The molecule has 6 nitrogen and oxygen atoms in total. The minimum Gasteiger partial charge on any atom is -0.341 e. The van der Waals surface area contributed by atoms with Crippen molar-refractivity contribution in [2.24, 2.45) is 0 Å². The first-order valence-corrected chi connectivity index (χ1v) is 13.0. The first-order valence-electron chi connectivity index (χ1n) is 11.4. The second-order valence-corrected chi connectivity index (χ2v) is 10.5. The maximum absolute atomic E-state index is 13.1. The molecule has 2 saturated heterocycles. The summed E-state index contributed by atoms with van der Waals surface area (Å²) in [7, 11) is 0. The van der Waals surface area contributed by atoms with Crippen LogP contribution in [-0.4, -0.2) is 51.1 Å². The molecule has 0 atom stereocenters. The van der Waals surface area contributed by atoms with Crippen molar-refractivity contribution in [3.05, 3.63) is 74.2 Å². The average Bonchev–Trinajstić information content (AvgIpc) is 3.52. The number of thioether (sulfide) groups is 1. The van der Waals surface area contributed by atoms with Crippen LogP contribution in [0.5, 0.6) is 0 Å². The number of aromatic nitrogens is 1. The monoisotopic (exact) mass is 527 g/mol. The first-order chi connectivity index (χ1) is 16.8. The largest absolute Gasteiger partial charge is 0.341 e. The molecule has 0 aliphatic carbocycles. The van der Waals surface area contributed by atoms with Crippen LogP contribution >= 0.6 is 35.0 Å². The Labute approximate surface area is 217 Å². The lowest BCUT2D eigenvalue weighted by molar-refractivity contribution is -0.135. The van der Waals surface area contributed by atoms with Gasteiger partial charge >= 0.3 is 0 Å². The Morgan fingerprint density at radius 2 is 1.83 bits per heavy atom. The van der Waals surface area contributed by atoms with Crippen molar-refractivity contribution in [1.29, 1.82) is 0 Å². The van der Waals surface area contributed by atoms with Crippen LogP contribution < -0.4 is 0 Å². The van der Waals surface area contributed by atoms with Gasteiger partial charge in [0.25, 0.3) is 11.1 Å². The molecular formula is C26H23Cl2N3O3S. The molecular weight excluding hydrogens is 505 g/mol. The molecule has 3 heterocycles. The normalized spacial score (nSPS) is 17.4. The van der Waals surface area contributed by atoms with Gasteiger partial charge in [-0.1, -0.05) is 47.5 Å². The van der Waals surface area contributed by atoms with Crippen molar-refractivity contribution in [2.45, 2.75) is 26.3 Å². The third-order valence-electron chi connectivity index (χ3n) is 6.52. The number of hydrogen-bond donors (Lipinski definition) is 0. The Balaban J connectivity index is 1.47. The molecule has 3 aromatic rings. The maximum atomic E-state index is 13.1. The zero-order chi connectivity index (χ0) is 24.7. The molecule has 0 N–H and O–H groups in total. The first kappa shape index (κ1) is 24.0. The van der Waals surface area contributed by atoms with E-state index in [9.17, 15) is 14.4 Å². The van der Waals surface area contributed by atoms with E-state index in [0.717, 1.165) is 57.2 Å². The predicted octanol–water partition coefficient (Wildman–Crippen LogP) is 5.96. The van der Waals surface area contributed by atoms with Gasteiger partial charge in [0.15, 0.2) is 0 Å². The number of amides is 3. The minimum atomic E-state index is -0.426. The molecule has 35 heavy (non-hydrogen) atoms. The highest BCUT2D eigenvalue weighted by Gasteiger charge is 2.37. The fourth-order valence-electron chi connectivity index (χ4n) is 4.63. The van der Waals surface area contributed by atoms with E-state index in [0.29, 0.717) is 34.6 Å². The second kappa shape index (κ2) is 9.72. The van der Waals surface area contributed by atoms with Crippen molar-refractivity contribution >= 4 is 69.0 Å². The number of imide groups is 1. The van der Waals surface area contributed by atoms with Crippen LogP contribution in [0.3, 0.4) is 0 Å². The van der Waals surface area contributed by atoms with Crippen molar-refractivity contribution in [2.75, 3.05) is 19.6 Å². The van der Waals surface area contributed by atoms with Gasteiger partial charge in [-0.3, -0.25) is 19.3 Å². The average molecular weight is 528 g/mol. The summed E-state index contributed by atoms with van der Waals surface area (Å²) in [6.45, 7) is 3.67. The van der Waals surface area contributed by atoms with E-state index in [4.69, 9.17) is 23.2 Å². The highest BCUT2D eigenvalue weighted by atomic mass is 35.5. The lowest BCUT2D eigenvalue weighted by atomic mass is 10.1. The molecule has 180 valence electrons. The molecule has 0 radical (unpaired) electrons. The third-order valence-corrected chi connectivity index (χ3v) is 8.02. The highest BCUT2D eigenvalue weighted by molar-refractivity contribution is 8.18. The number of likely N-dealkylation sites (tertiary alicyclic amines) is 1. The summed E-state index contributed by atoms with van der Waals surface area (Å²) >= 11 is 13.4. The Morgan fingerprint density at radius 1 is 1.09 bits per heavy atom. The number of carbonyl (C=O) groups excluding carboxylic acids is 3. The Bertz CT molecular complexity index is 1390. The van der Waals surface area contributed by atoms with Gasteiger partial charge in [0.1, 0.15) is 6.54 Å². The molecule has 2 aliphatic heterocycles. The van der Waals surface area contributed by atoms with Gasteiger partial charge in [-0.2, -0.15) is 0 Å². The molecule has 5 rings (SSSR count). The maximum Gasteiger partial charge on any atom is 0.294 e. The summed E-state index contributed by atoms with van der Waals surface area (Å²) in [6.07, 6.45) is 3.68. The van der Waals surface area contributed by atoms with Gasteiger partial charge in [-0.25, -0.2) is 0 Å². The van der Waals surface area contributed by atoms with Gasteiger partial charge in [-0.15, -0.1) is 0 Å². The van der Waals surface area contributed by atoms with Gasteiger partial charge in [-0.05, 0) is 61.4 Å². The van der Waals surface area contributed by atoms with E-state index >= 15 is 0 Å². The van der Waals surface area contributed by atoms with E-state index in [1.165, 1.54) is 0 Å². The van der Waals surface area contributed by atoms with Crippen LogP contribution in [0.1, 0.15) is 29.7 Å². The van der Waals surface area contributed by atoms with Gasteiger partial charge in [0, 0.05) is 51.8 Å². The van der Waals surface area contributed by atoms with Gasteiger partial charge in [0.05, 0.1) is 4.91 Å². The van der Waals surface area contributed by atoms with Crippen molar-refractivity contribution in [3.63, 3.8) is 0 Å². The van der Waals surface area contributed by atoms with Crippen molar-refractivity contribution in [3.8, 4) is 0 Å². The molecule has 0 bridgehead atoms. The number of rotatable bonds is 5. The van der Waals surface area contributed by atoms with Crippen LogP contribution in [0.25, 0.3) is 17.0 Å². The van der Waals surface area contributed by atoms with E-state index in [2.05, 4.69) is 4.57 Å². The van der Waals surface area contributed by atoms with E-state index in [-0.39, 0.29) is 12.5 Å². The lowest BCUT2D eigenvalue weighted by Gasteiger charge is -2.18. The van der Waals surface area contributed by atoms with Crippen molar-refractivity contribution in [1.82, 2.24) is 14.4 Å². The quantitative estimate of drug-likeness (QED) is 0.384. The molecule has 1 aromatic heterocycles. The van der Waals surface area contributed by atoms with Gasteiger partial charge < -0.3 is 9.47 Å². The zero-order valence-electron chi connectivity index (χ0n) is 19.1. The summed E-state index contributed by atoms with van der Waals surface area (Å²) < 4.78 is 2.14. The van der Waals surface area contributed by atoms with E-state index in [1.54, 1.807) is 17.0 Å². The smallest absolute Gasteiger partial charge is 0.294 e. The van der Waals surface area contributed by atoms with Gasteiger partial charge in [0.2, 0.25) is 5.91 Å². The van der Waals surface area contributed by atoms with E-state index < -0.39 is 11.1 Å². The lowest BCUT2D eigenvalue weighted by Crippen LogP contribution is -2.40. The SMILES string of the molecule is Cc1c(/C=C2/SC(=O)N(CC(=O)N3CCCC3)C2=O)c2ccccc2n1Cc1ccc(Cl)cc1Cl. The fourth-order valence-corrected chi connectivity index (χ4v) is 5.92. The van der Waals surface area contributed by atoms with Crippen LogP contribution in [0.15, 0.2) is 47.4 Å². The molecule has 0 unspecified atom stereocenters. The number of halogens is 2. The number of hydrogen-bond acceptors (Lipinski definition) is 4. The number of benzene rings is 2. The minimum absolute atomic E-state index is 0.182. The number of carbonyl (C=O) groups is 3. The Hall–Kier alpha value is -2.74. The molecule has 2 aromatic carbocycles. The fraction of sp³-hybridized carbons (Fsp3) is 0.269. The predicted molar refractivity (Wildman–Crippen MR) is 141 cm³/mol. The van der Waals surface area contributed by atoms with Crippen LogP contribution in [0.2, 0.25) is 10.0 Å². The van der Waals surface area contributed by atoms with Crippen molar-refractivity contribution < 1.29 is 14.4 Å².